The molecule has 18 nitrogen and oxygen atoms in total. The van der Waals surface area contributed by atoms with Crippen molar-refractivity contribution in [2.75, 3.05) is 14.2 Å². The van der Waals surface area contributed by atoms with Crippen LogP contribution in [0.1, 0.15) is 117 Å². The monoisotopic (exact) mass is 947 g/mol. The maximum absolute atomic E-state index is 14.5. The minimum absolute atomic E-state index is 0.0329. The van der Waals surface area contributed by atoms with Crippen molar-refractivity contribution in [1.29, 1.82) is 0 Å². The Balaban J connectivity index is 0.917. The number of carbonyl (C=O) groups excluding carboxylic acids is 4. The molecule has 5 aromatic rings. The first-order chi connectivity index (χ1) is 33.2. The van der Waals surface area contributed by atoms with E-state index in [4.69, 9.17) is 33.9 Å². The number of hydrogen-bond acceptors (Lipinski definition) is 11. The Hall–Kier alpha value is -6.27. The smallest absolute Gasteiger partial charge is 0.407 e. The number of carbonyl (C=O) groups is 4. The lowest BCUT2D eigenvalue weighted by Crippen LogP contribution is -2.55. The van der Waals surface area contributed by atoms with Crippen LogP contribution >= 0.6 is 0 Å². The van der Waals surface area contributed by atoms with Gasteiger partial charge in [0.25, 0.3) is 0 Å². The summed E-state index contributed by atoms with van der Waals surface area (Å²) in [7, 11) is 2.62. The summed E-state index contributed by atoms with van der Waals surface area (Å²) in [5.41, 5.74) is 5.97. The Morgan fingerprint density at radius 2 is 1.09 bits per heavy atom. The predicted molar refractivity (Wildman–Crippen MR) is 256 cm³/mol. The predicted octanol–water partition coefficient (Wildman–Crippen LogP) is 7.74. The number of aromatic amines is 2. The second kappa shape index (κ2) is 20.0. The van der Waals surface area contributed by atoms with Crippen LogP contribution in [-0.2, 0) is 28.5 Å². The number of nitrogens with one attached hydrogen (secondary N) is 4. The van der Waals surface area contributed by atoms with Gasteiger partial charge in [0.15, 0.2) is 0 Å². The molecule has 69 heavy (non-hydrogen) atoms. The molecule has 0 bridgehead atoms. The highest BCUT2D eigenvalue weighted by Gasteiger charge is 2.46. The van der Waals surface area contributed by atoms with Gasteiger partial charge in [-0.1, -0.05) is 24.3 Å². The number of H-pyrrole nitrogens is 2. The molecule has 18 heteroatoms. The molecule has 0 saturated carbocycles. The zero-order chi connectivity index (χ0) is 48.7. The molecule has 0 radical (unpaired) electrons. The van der Waals surface area contributed by atoms with E-state index in [2.05, 4.69) is 37.1 Å². The highest BCUT2D eigenvalue weighted by Crippen LogP contribution is 2.41. The SMILES string of the molecule is COC(=O)N[C@H](C(=O)N1[C@@H](C)CC[C@H]1c1ncc(-c2ccc(-c3cnc(-c4cnc([C@@H]5CC[C@H](C)N5C(=O)[C@@H](NC(=O)OC)C5C[C@@H](C)O[C@H](C)C5)[nH]4)c4cccn34)cc2)[nH]1)C1C[C@@H](C)O[C@@H](C)C1. The lowest BCUT2D eigenvalue weighted by Gasteiger charge is -2.39. The normalized spacial score (nSPS) is 28.1. The zero-order valence-corrected chi connectivity index (χ0v) is 40.8. The first kappa shape index (κ1) is 47.8. The topological polar surface area (TPSA) is 210 Å². The average molecular weight is 947 g/mol. The summed E-state index contributed by atoms with van der Waals surface area (Å²) >= 11 is 0. The molecule has 0 aliphatic carbocycles. The van der Waals surface area contributed by atoms with Gasteiger partial charge in [0.05, 0.1) is 91.9 Å². The van der Waals surface area contributed by atoms with Crippen molar-refractivity contribution < 1.29 is 38.1 Å². The number of nitrogens with zero attached hydrogens (tertiary/aromatic N) is 6. The second-order valence-corrected chi connectivity index (χ2v) is 19.8. The summed E-state index contributed by atoms with van der Waals surface area (Å²) in [5.74, 6) is 0.881. The largest absolute Gasteiger partial charge is 0.453 e. The third kappa shape index (κ3) is 9.69. The van der Waals surface area contributed by atoms with E-state index in [1.54, 1.807) is 6.20 Å². The third-order valence-electron chi connectivity index (χ3n) is 14.8. The van der Waals surface area contributed by atoms with Crippen LogP contribution in [0.25, 0.3) is 39.4 Å². The molecule has 4 fully saturated rings. The summed E-state index contributed by atoms with van der Waals surface area (Å²) in [5, 5.41) is 5.76. The van der Waals surface area contributed by atoms with Crippen LogP contribution in [-0.4, -0.2) is 126 Å². The van der Waals surface area contributed by atoms with Crippen molar-refractivity contribution in [2.45, 2.75) is 154 Å². The van der Waals surface area contributed by atoms with E-state index in [1.807, 2.05) is 94.2 Å². The molecule has 0 spiro atoms. The number of amides is 4. The summed E-state index contributed by atoms with van der Waals surface area (Å²) in [6, 6.07) is 10.0. The lowest BCUT2D eigenvalue weighted by molar-refractivity contribution is -0.141. The maximum Gasteiger partial charge on any atom is 0.407 e. The number of hydrogen-bond donors (Lipinski definition) is 4. The number of likely N-dealkylation sites (tertiary alicyclic amines) is 2. The number of rotatable bonds is 11. The molecule has 4 amide bonds. The van der Waals surface area contributed by atoms with E-state index >= 15 is 0 Å². The van der Waals surface area contributed by atoms with Gasteiger partial charge in [-0.05, 0) is 122 Å². The van der Waals surface area contributed by atoms with Crippen LogP contribution in [0.2, 0.25) is 0 Å². The van der Waals surface area contributed by atoms with Crippen molar-refractivity contribution >= 4 is 29.5 Å². The van der Waals surface area contributed by atoms with E-state index in [9.17, 15) is 19.2 Å². The van der Waals surface area contributed by atoms with Gasteiger partial charge in [-0.3, -0.25) is 14.6 Å². The fourth-order valence-corrected chi connectivity index (χ4v) is 11.7. The molecule has 368 valence electrons. The summed E-state index contributed by atoms with van der Waals surface area (Å²) < 4.78 is 24.0. The molecule has 1 unspecified atom stereocenters. The number of alkyl carbamates (subject to hydrolysis) is 2. The minimum Gasteiger partial charge on any atom is -0.453 e. The van der Waals surface area contributed by atoms with Crippen molar-refractivity contribution in [3.05, 3.63) is 72.8 Å². The van der Waals surface area contributed by atoms with Gasteiger partial charge in [-0.2, -0.15) is 0 Å². The number of imidazole rings is 2. The van der Waals surface area contributed by atoms with Gasteiger partial charge < -0.3 is 53.7 Å². The van der Waals surface area contributed by atoms with Gasteiger partial charge in [-0.25, -0.2) is 19.6 Å². The molecule has 9 rings (SSSR count). The van der Waals surface area contributed by atoms with Gasteiger partial charge in [-0.15, -0.1) is 0 Å². The van der Waals surface area contributed by atoms with E-state index in [1.165, 1.54) is 14.2 Å². The maximum atomic E-state index is 14.5. The van der Waals surface area contributed by atoms with Crippen molar-refractivity contribution in [3.8, 4) is 33.9 Å². The molecule has 4 N–H and O–H groups in total. The quantitative estimate of drug-likeness (QED) is 0.101. The Kier molecular flexibility index (Phi) is 13.8. The molecular weight excluding hydrogens is 881 g/mol. The Labute approximate surface area is 402 Å². The zero-order valence-electron chi connectivity index (χ0n) is 40.8. The van der Waals surface area contributed by atoms with Gasteiger partial charge in [0, 0.05) is 23.8 Å². The third-order valence-corrected chi connectivity index (χ3v) is 14.8. The van der Waals surface area contributed by atoms with E-state index in [0.717, 1.165) is 65.1 Å². The van der Waals surface area contributed by atoms with E-state index < -0.39 is 24.3 Å². The van der Waals surface area contributed by atoms with Crippen molar-refractivity contribution in [1.82, 2.24) is 49.8 Å². The van der Waals surface area contributed by atoms with Gasteiger partial charge >= 0.3 is 12.2 Å². The Morgan fingerprint density at radius 3 is 1.58 bits per heavy atom. The molecule has 4 aliphatic heterocycles. The molecule has 1 aromatic carbocycles. The number of aromatic nitrogens is 6. The lowest BCUT2D eigenvalue weighted by atomic mass is 9.85. The van der Waals surface area contributed by atoms with Gasteiger partial charge in [0.1, 0.15) is 29.4 Å². The van der Waals surface area contributed by atoms with E-state index in [-0.39, 0.29) is 72.2 Å². The van der Waals surface area contributed by atoms with Crippen LogP contribution in [0, 0.1) is 11.8 Å². The van der Waals surface area contributed by atoms with Crippen LogP contribution in [0.4, 0.5) is 9.59 Å². The number of fused-ring (bicyclic) bond motifs is 1. The molecule has 11 atom stereocenters. The summed E-state index contributed by atoms with van der Waals surface area (Å²) in [6.45, 7) is 12.1. The molecule has 4 aliphatic rings. The highest BCUT2D eigenvalue weighted by atomic mass is 16.5. The molecule has 4 aromatic heterocycles. The molecule has 8 heterocycles. The van der Waals surface area contributed by atoms with Crippen LogP contribution < -0.4 is 10.6 Å². The number of benzene rings is 1. The minimum atomic E-state index is -0.762. The van der Waals surface area contributed by atoms with Crippen LogP contribution in [0.15, 0.2) is 61.2 Å². The summed E-state index contributed by atoms with van der Waals surface area (Å²) in [4.78, 5) is 79.6. The summed E-state index contributed by atoms with van der Waals surface area (Å²) in [6.07, 6.45) is 11.7. The van der Waals surface area contributed by atoms with Crippen molar-refractivity contribution in [2.24, 2.45) is 11.8 Å². The van der Waals surface area contributed by atoms with Gasteiger partial charge in [0.2, 0.25) is 11.8 Å². The van der Waals surface area contributed by atoms with Crippen molar-refractivity contribution in [3.63, 3.8) is 0 Å². The number of methoxy groups -OCH3 is 2. The van der Waals surface area contributed by atoms with Crippen LogP contribution in [0.3, 0.4) is 0 Å². The highest BCUT2D eigenvalue weighted by molar-refractivity contribution is 5.88. The number of ether oxygens (including phenoxy) is 4. The Morgan fingerprint density at radius 1 is 0.623 bits per heavy atom. The van der Waals surface area contributed by atoms with E-state index in [0.29, 0.717) is 37.3 Å². The fraction of sp³-hybridized carbons (Fsp3) is 0.549. The average Bonchev–Trinajstić information content (AvgIpc) is 4.20. The first-order valence-electron chi connectivity index (χ1n) is 24.5. The molecule has 4 saturated heterocycles. The Bertz CT molecular complexity index is 2620. The first-order valence-corrected chi connectivity index (χ1v) is 24.5. The standard InChI is InChI=1S/C51H66N10O8/c1-27-11-17-40(60(27)48(62)43(57-50(64)66-7)35-20-29(3)68-30(4)21-35)46-53-24-37(55-46)33-13-15-34(16-14-33)42-26-52-45(39-10-9-19-59(39)42)38-25-54-47(56-38)41-18-12-28(2)61(41)49(63)44(58-51(65)67-8)36-22-31(5)69-32(6)23-36/h9-10,13-16,19,24-32,35-36,40-41,43-44H,11-12,17-18,20-23H2,1-8H3,(H,53,55)(H,54,56)(H,57,64)(H,58,65)/t27-,28-,29-,30+,31+,32+,35?,40-,41-,43-,44-/m0/s1. The second-order valence-electron chi connectivity index (χ2n) is 19.8. The van der Waals surface area contributed by atoms with Crippen LogP contribution in [0.5, 0.6) is 0 Å². The molecular formula is C51H66N10O8. The fourth-order valence-electron chi connectivity index (χ4n) is 11.7.